The van der Waals surface area contributed by atoms with Crippen LogP contribution in [0.3, 0.4) is 0 Å². The van der Waals surface area contributed by atoms with Crippen LogP contribution in [0.4, 0.5) is 0 Å². The van der Waals surface area contributed by atoms with Gasteiger partial charge in [-0.05, 0) is 40.5 Å². The third kappa shape index (κ3) is 4.27. The number of aryl methyl sites for hydroxylation is 1. The fourth-order valence-electron chi connectivity index (χ4n) is 1.40. The average Bonchev–Trinajstić information content (AvgIpc) is 2.27. The van der Waals surface area contributed by atoms with Crippen LogP contribution >= 0.6 is 15.9 Å². The summed E-state index contributed by atoms with van der Waals surface area (Å²) in [6, 6.07) is 3.35. The van der Waals surface area contributed by atoms with E-state index in [1.54, 1.807) is 12.1 Å². The summed E-state index contributed by atoms with van der Waals surface area (Å²) < 4.78 is 31.3. The molecule has 0 bridgehead atoms. The van der Waals surface area contributed by atoms with E-state index in [9.17, 15) is 13.2 Å². The first-order valence-corrected chi connectivity index (χ1v) is 7.56. The number of nitrogens with one attached hydrogen (secondary N) is 1. The summed E-state index contributed by atoms with van der Waals surface area (Å²) in [5.74, 6) is -1.30. The van der Waals surface area contributed by atoms with Gasteiger partial charge >= 0.3 is 5.97 Å². The molecule has 0 saturated heterocycles. The largest absolute Gasteiger partial charge is 0.480 e. The van der Waals surface area contributed by atoms with Gasteiger partial charge in [-0.15, -0.1) is 0 Å². The van der Waals surface area contributed by atoms with Gasteiger partial charge in [-0.1, -0.05) is 6.07 Å². The van der Waals surface area contributed by atoms with Crippen molar-refractivity contribution in [1.82, 2.24) is 4.72 Å². The maximum atomic E-state index is 12.1. The monoisotopic (exact) mass is 351 g/mol. The number of methoxy groups -OCH3 is 1. The Morgan fingerprint density at radius 2 is 2.16 bits per heavy atom. The molecule has 0 aromatic heterocycles. The lowest BCUT2D eigenvalue weighted by Gasteiger charge is -2.14. The molecule has 1 atom stereocenters. The molecule has 0 saturated carbocycles. The molecule has 6 nitrogen and oxygen atoms in total. The smallest absolute Gasteiger partial charge is 0.324 e. The SMILES string of the molecule is COCC(NS(=O)(=O)c1ccc(C)cc1Br)C(=O)O. The molecular formula is C11H14BrNO5S. The molecule has 106 valence electrons. The molecule has 0 amide bonds. The Bertz CT molecular complexity index is 572. The second-order valence-electron chi connectivity index (χ2n) is 3.90. The molecule has 1 unspecified atom stereocenters. The van der Waals surface area contributed by atoms with Crippen molar-refractivity contribution >= 4 is 31.9 Å². The van der Waals surface area contributed by atoms with E-state index in [4.69, 9.17) is 5.11 Å². The molecule has 2 N–H and O–H groups in total. The molecule has 0 fully saturated rings. The van der Waals surface area contributed by atoms with Gasteiger partial charge in [-0.25, -0.2) is 8.42 Å². The van der Waals surface area contributed by atoms with Crippen molar-refractivity contribution in [2.45, 2.75) is 17.9 Å². The summed E-state index contributed by atoms with van der Waals surface area (Å²) in [4.78, 5) is 10.9. The topological polar surface area (TPSA) is 92.7 Å². The minimum absolute atomic E-state index is 0.0135. The highest BCUT2D eigenvalue weighted by atomic mass is 79.9. The van der Waals surface area contributed by atoms with Crippen molar-refractivity contribution in [3.63, 3.8) is 0 Å². The van der Waals surface area contributed by atoms with Crippen LogP contribution in [0.2, 0.25) is 0 Å². The summed E-state index contributed by atoms with van der Waals surface area (Å²) in [5, 5.41) is 8.91. The van der Waals surface area contributed by atoms with E-state index in [0.717, 1.165) is 5.56 Å². The number of aliphatic carboxylic acids is 1. The van der Waals surface area contributed by atoms with Crippen LogP contribution in [0.25, 0.3) is 0 Å². The lowest BCUT2D eigenvalue weighted by atomic mass is 10.2. The van der Waals surface area contributed by atoms with Gasteiger partial charge in [0.25, 0.3) is 0 Å². The van der Waals surface area contributed by atoms with Gasteiger partial charge in [0.1, 0.15) is 6.04 Å². The second-order valence-corrected chi connectivity index (χ2v) is 6.44. The zero-order valence-corrected chi connectivity index (χ0v) is 12.8. The van der Waals surface area contributed by atoms with Crippen molar-refractivity contribution < 1.29 is 23.1 Å². The fraction of sp³-hybridized carbons (Fsp3) is 0.364. The molecular weight excluding hydrogens is 338 g/mol. The zero-order chi connectivity index (χ0) is 14.6. The summed E-state index contributed by atoms with van der Waals surface area (Å²) in [6.45, 7) is 1.57. The van der Waals surface area contributed by atoms with E-state index < -0.39 is 22.0 Å². The standard InChI is InChI=1S/C11H14BrNO5S/c1-7-3-4-10(8(12)5-7)19(16,17)13-9(6-18-2)11(14)15/h3-5,9,13H,6H2,1-2H3,(H,14,15). The number of carboxylic acids is 1. The highest BCUT2D eigenvalue weighted by Crippen LogP contribution is 2.23. The van der Waals surface area contributed by atoms with E-state index in [0.29, 0.717) is 4.47 Å². The summed E-state index contributed by atoms with van der Waals surface area (Å²) in [5.41, 5.74) is 0.887. The minimum atomic E-state index is -3.93. The number of sulfonamides is 1. The van der Waals surface area contributed by atoms with Gasteiger partial charge in [0.05, 0.1) is 11.5 Å². The maximum Gasteiger partial charge on any atom is 0.324 e. The van der Waals surface area contributed by atoms with Crippen molar-refractivity contribution in [3.8, 4) is 0 Å². The predicted molar refractivity (Wildman–Crippen MR) is 72.5 cm³/mol. The number of benzene rings is 1. The molecule has 8 heteroatoms. The van der Waals surface area contributed by atoms with Gasteiger partial charge in [0, 0.05) is 11.6 Å². The molecule has 0 aliphatic carbocycles. The average molecular weight is 352 g/mol. The van der Waals surface area contributed by atoms with Crippen molar-refractivity contribution in [3.05, 3.63) is 28.2 Å². The van der Waals surface area contributed by atoms with Gasteiger partial charge in [0.15, 0.2) is 0 Å². The van der Waals surface area contributed by atoms with Crippen LogP contribution in [0.1, 0.15) is 5.56 Å². The molecule has 0 aliphatic rings. The Morgan fingerprint density at radius 3 is 2.63 bits per heavy atom. The number of rotatable bonds is 6. The third-order valence-corrected chi connectivity index (χ3v) is 4.75. The number of ether oxygens (including phenoxy) is 1. The van der Waals surface area contributed by atoms with E-state index >= 15 is 0 Å². The molecule has 1 rings (SSSR count). The molecule has 1 aromatic rings. The molecule has 0 spiro atoms. The Morgan fingerprint density at radius 1 is 1.53 bits per heavy atom. The van der Waals surface area contributed by atoms with Gasteiger partial charge in [-0.3, -0.25) is 4.79 Å². The third-order valence-electron chi connectivity index (χ3n) is 2.31. The van der Waals surface area contributed by atoms with Crippen LogP contribution < -0.4 is 4.72 Å². The number of halogens is 1. The molecule has 0 heterocycles. The number of hydrogen-bond donors (Lipinski definition) is 2. The number of carbonyl (C=O) groups is 1. The van der Waals surface area contributed by atoms with E-state index in [1.807, 2.05) is 6.92 Å². The first-order chi connectivity index (χ1) is 8.77. The second kappa shape index (κ2) is 6.47. The van der Waals surface area contributed by atoms with Gasteiger partial charge < -0.3 is 9.84 Å². The summed E-state index contributed by atoms with van der Waals surface area (Å²) in [6.07, 6.45) is 0. The lowest BCUT2D eigenvalue weighted by Crippen LogP contribution is -2.43. The zero-order valence-electron chi connectivity index (χ0n) is 10.4. The first-order valence-electron chi connectivity index (χ1n) is 5.28. The van der Waals surface area contributed by atoms with E-state index in [1.165, 1.54) is 13.2 Å². The first kappa shape index (κ1) is 16.1. The Labute approximate surface area is 120 Å². The summed E-state index contributed by atoms with van der Waals surface area (Å²) >= 11 is 3.15. The van der Waals surface area contributed by atoms with Gasteiger partial charge in [0.2, 0.25) is 10.0 Å². The van der Waals surface area contributed by atoms with Crippen LogP contribution in [0, 0.1) is 6.92 Å². The predicted octanol–water partition coefficient (Wildman–Crippen LogP) is 1.14. The van der Waals surface area contributed by atoms with Gasteiger partial charge in [-0.2, -0.15) is 4.72 Å². The van der Waals surface area contributed by atoms with Crippen molar-refractivity contribution in [2.75, 3.05) is 13.7 Å². The molecule has 0 radical (unpaired) electrons. The normalized spacial score (nSPS) is 13.2. The Balaban J connectivity index is 3.06. The highest BCUT2D eigenvalue weighted by Gasteiger charge is 2.26. The fourth-order valence-corrected chi connectivity index (χ4v) is 3.76. The lowest BCUT2D eigenvalue weighted by molar-refractivity contribution is -0.140. The minimum Gasteiger partial charge on any atom is -0.480 e. The molecule has 0 aliphatic heterocycles. The van der Waals surface area contributed by atoms with E-state index in [2.05, 4.69) is 25.4 Å². The Hall–Kier alpha value is -0.960. The summed E-state index contributed by atoms with van der Waals surface area (Å²) in [7, 11) is -2.63. The van der Waals surface area contributed by atoms with Crippen molar-refractivity contribution in [1.29, 1.82) is 0 Å². The molecule has 19 heavy (non-hydrogen) atoms. The van der Waals surface area contributed by atoms with Crippen LogP contribution in [0.5, 0.6) is 0 Å². The van der Waals surface area contributed by atoms with Crippen LogP contribution in [-0.2, 0) is 19.6 Å². The number of hydrogen-bond acceptors (Lipinski definition) is 4. The number of carboxylic acid groups (broad SMARTS) is 1. The Kier molecular flexibility index (Phi) is 5.48. The highest BCUT2D eigenvalue weighted by molar-refractivity contribution is 9.10. The quantitative estimate of drug-likeness (QED) is 0.801. The maximum absolute atomic E-state index is 12.1. The molecule has 1 aromatic carbocycles. The van der Waals surface area contributed by atoms with E-state index in [-0.39, 0.29) is 11.5 Å². The van der Waals surface area contributed by atoms with Crippen LogP contribution in [0.15, 0.2) is 27.6 Å². The van der Waals surface area contributed by atoms with Crippen molar-refractivity contribution in [2.24, 2.45) is 0 Å². The van der Waals surface area contributed by atoms with Crippen LogP contribution in [-0.4, -0.2) is 39.3 Å².